The van der Waals surface area contributed by atoms with Crippen LogP contribution >= 0.6 is 0 Å². The van der Waals surface area contributed by atoms with E-state index in [0.29, 0.717) is 31.0 Å². The van der Waals surface area contributed by atoms with Crippen LogP contribution in [0, 0.1) is 18.8 Å². The molecule has 0 radical (unpaired) electrons. The third-order valence-electron chi connectivity index (χ3n) is 6.51. The second-order valence-corrected chi connectivity index (χ2v) is 8.33. The molecule has 0 saturated carbocycles. The monoisotopic (exact) mass is 403 g/mol. The van der Waals surface area contributed by atoms with Crippen LogP contribution in [-0.4, -0.2) is 56.0 Å². The quantitative estimate of drug-likeness (QED) is 0.731. The molecule has 3 aromatic rings. The van der Waals surface area contributed by atoms with Crippen molar-refractivity contribution < 1.29 is 9.59 Å². The van der Waals surface area contributed by atoms with E-state index in [0.717, 1.165) is 11.3 Å². The Kier molecular flexibility index (Phi) is 4.46. The number of nitrogens with zero attached hydrogens (tertiary/aromatic N) is 4. The van der Waals surface area contributed by atoms with Crippen LogP contribution in [0.3, 0.4) is 0 Å². The zero-order valence-corrected chi connectivity index (χ0v) is 17.2. The van der Waals surface area contributed by atoms with Gasteiger partial charge in [0.1, 0.15) is 5.69 Å². The number of hydrogen-bond donors (Lipinski definition) is 1. The number of nitrogens with one attached hydrogen (secondary N) is 1. The van der Waals surface area contributed by atoms with Crippen molar-refractivity contribution in [1.29, 1.82) is 0 Å². The Hall–Kier alpha value is -3.35. The van der Waals surface area contributed by atoms with Crippen LogP contribution in [0.4, 0.5) is 0 Å². The van der Waals surface area contributed by atoms with E-state index in [9.17, 15) is 9.59 Å². The molecule has 30 heavy (non-hydrogen) atoms. The van der Waals surface area contributed by atoms with Gasteiger partial charge in [-0.05, 0) is 30.7 Å². The predicted octanol–water partition coefficient (Wildman–Crippen LogP) is 2.64. The molecule has 0 spiro atoms. The Labute approximate surface area is 175 Å². The standard InChI is InChI=1S/C23H25N5O2/c1-15-11-20(25-26(15)2)22(29)27-12-17-13-28(23(30)19-9-6-10-24-19)21(18(17)14-27)16-7-4-3-5-8-16/h3-11,17-18,21,24H,12-14H2,1-2H3/t17-,18-,21+/m0/s1. The molecule has 4 heterocycles. The summed E-state index contributed by atoms with van der Waals surface area (Å²) in [6, 6.07) is 15.6. The molecule has 3 atom stereocenters. The van der Waals surface area contributed by atoms with Gasteiger partial charge in [0, 0.05) is 50.4 Å². The third kappa shape index (κ3) is 3.01. The first-order chi connectivity index (χ1) is 14.5. The average Bonchev–Trinajstić information content (AvgIpc) is 3.52. The van der Waals surface area contributed by atoms with Crippen molar-refractivity contribution in [2.45, 2.75) is 13.0 Å². The summed E-state index contributed by atoms with van der Waals surface area (Å²) in [4.78, 5) is 33.2. The summed E-state index contributed by atoms with van der Waals surface area (Å²) in [5.41, 5.74) is 3.17. The molecule has 1 aromatic carbocycles. The predicted molar refractivity (Wildman–Crippen MR) is 112 cm³/mol. The Balaban J connectivity index is 1.43. The molecule has 2 aliphatic rings. The van der Waals surface area contributed by atoms with E-state index >= 15 is 0 Å². The second kappa shape index (κ2) is 7.16. The smallest absolute Gasteiger partial charge is 0.274 e. The number of aromatic nitrogens is 3. The van der Waals surface area contributed by atoms with Crippen LogP contribution in [0.25, 0.3) is 0 Å². The van der Waals surface area contributed by atoms with Crippen LogP contribution in [0.2, 0.25) is 0 Å². The third-order valence-corrected chi connectivity index (χ3v) is 6.51. The highest BCUT2D eigenvalue weighted by atomic mass is 16.2. The zero-order chi connectivity index (χ0) is 20.8. The molecule has 2 aromatic heterocycles. The molecule has 0 bridgehead atoms. The Morgan fingerprint density at radius 3 is 2.50 bits per heavy atom. The van der Waals surface area contributed by atoms with Gasteiger partial charge in [0.25, 0.3) is 11.8 Å². The summed E-state index contributed by atoms with van der Waals surface area (Å²) < 4.78 is 1.73. The molecule has 0 unspecified atom stereocenters. The molecule has 5 rings (SSSR count). The number of benzene rings is 1. The molecular weight excluding hydrogens is 378 g/mol. The number of fused-ring (bicyclic) bond motifs is 1. The number of aryl methyl sites for hydroxylation is 2. The molecule has 7 nitrogen and oxygen atoms in total. The van der Waals surface area contributed by atoms with Crippen molar-refractivity contribution in [2.24, 2.45) is 18.9 Å². The minimum atomic E-state index is -0.0460. The van der Waals surface area contributed by atoms with Crippen LogP contribution in [-0.2, 0) is 7.05 Å². The zero-order valence-electron chi connectivity index (χ0n) is 17.2. The summed E-state index contributed by atoms with van der Waals surface area (Å²) in [5.74, 6) is 0.451. The van der Waals surface area contributed by atoms with Crippen LogP contribution in [0.1, 0.15) is 38.3 Å². The largest absolute Gasteiger partial charge is 0.357 e. The summed E-state index contributed by atoms with van der Waals surface area (Å²) in [5, 5.41) is 4.36. The fourth-order valence-electron chi connectivity index (χ4n) is 4.94. The van der Waals surface area contributed by atoms with Crippen molar-refractivity contribution >= 4 is 11.8 Å². The minimum Gasteiger partial charge on any atom is -0.357 e. The topological polar surface area (TPSA) is 74.2 Å². The van der Waals surface area contributed by atoms with Gasteiger partial charge in [0.2, 0.25) is 0 Å². The first kappa shape index (κ1) is 18.7. The number of hydrogen-bond acceptors (Lipinski definition) is 3. The van der Waals surface area contributed by atoms with Gasteiger partial charge in [0.15, 0.2) is 5.69 Å². The molecule has 2 fully saturated rings. The van der Waals surface area contributed by atoms with Crippen LogP contribution < -0.4 is 0 Å². The van der Waals surface area contributed by atoms with Crippen molar-refractivity contribution in [3.05, 3.63) is 77.4 Å². The Morgan fingerprint density at radius 2 is 1.83 bits per heavy atom. The van der Waals surface area contributed by atoms with Gasteiger partial charge < -0.3 is 14.8 Å². The lowest BCUT2D eigenvalue weighted by Crippen LogP contribution is -2.37. The maximum Gasteiger partial charge on any atom is 0.274 e. The van der Waals surface area contributed by atoms with Gasteiger partial charge in [-0.3, -0.25) is 14.3 Å². The number of rotatable bonds is 3. The van der Waals surface area contributed by atoms with E-state index in [2.05, 4.69) is 22.2 Å². The van der Waals surface area contributed by atoms with Gasteiger partial charge in [-0.2, -0.15) is 5.10 Å². The summed E-state index contributed by atoms with van der Waals surface area (Å²) in [6.45, 7) is 3.87. The molecule has 7 heteroatoms. The minimum absolute atomic E-state index is 0.0153. The molecular formula is C23H25N5O2. The lowest BCUT2D eigenvalue weighted by atomic mass is 9.89. The highest BCUT2D eigenvalue weighted by Crippen LogP contribution is 2.45. The van der Waals surface area contributed by atoms with E-state index in [1.807, 2.05) is 60.2 Å². The molecule has 0 aliphatic carbocycles. The fraction of sp³-hybridized carbons (Fsp3) is 0.348. The second-order valence-electron chi connectivity index (χ2n) is 8.33. The van der Waals surface area contributed by atoms with Gasteiger partial charge in [0.05, 0.1) is 6.04 Å². The number of H-pyrrole nitrogens is 1. The number of carbonyl (C=O) groups excluding carboxylic acids is 2. The Bertz CT molecular complexity index is 1050. The van der Waals surface area contributed by atoms with Gasteiger partial charge >= 0.3 is 0 Å². The number of carbonyl (C=O) groups is 2. The first-order valence-corrected chi connectivity index (χ1v) is 10.3. The molecule has 2 saturated heterocycles. The highest BCUT2D eigenvalue weighted by Gasteiger charge is 2.50. The first-order valence-electron chi connectivity index (χ1n) is 10.3. The average molecular weight is 403 g/mol. The van der Waals surface area contributed by atoms with Crippen molar-refractivity contribution in [3.63, 3.8) is 0 Å². The lowest BCUT2D eigenvalue weighted by Gasteiger charge is -2.29. The van der Waals surface area contributed by atoms with Crippen LogP contribution in [0.5, 0.6) is 0 Å². The maximum atomic E-state index is 13.2. The Morgan fingerprint density at radius 1 is 1.03 bits per heavy atom. The highest BCUT2D eigenvalue weighted by molar-refractivity contribution is 5.94. The van der Waals surface area contributed by atoms with E-state index in [4.69, 9.17) is 0 Å². The number of likely N-dealkylation sites (tertiary alicyclic amines) is 2. The summed E-state index contributed by atoms with van der Waals surface area (Å²) in [7, 11) is 1.85. The van der Waals surface area contributed by atoms with Gasteiger partial charge in [-0.15, -0.1) is 0 Å². The normalized spacial score (nSPS) is 23.1. The fourth-order valence-corrected chi connectivity index (χ4v) is 4.94. The van der Waals surface area contributed by atoms with Crippen LogP contribution in [0.15, 0.2) is 54.7 Å². The molecule has 154 valence electrons. The number of amides is 2. The van der Waals surface area contributed by atoms with Crippen molar-refractivity contribution in [2.75, 3.05) is 19.6 Å². The van der Waals surface area contributed by atoms with Crippen molar-refractivity contribution in [1.82, 2.24) is 24.6 Å². The maximum absolute atomic E-state index is 13.2. The van der Waals surface area contributed by atoms with Gasteiger partial charge in [-0.1, -0.05) is 30.3 Å². The summed E-state index contributed by atoms with van der Waals surface area (Å²) >= 11 is 0. The number of aromatic amines is 1. The molecule has 1 N–H and O–H groups in total. The van der Waals surface area contributed by atoms with E-state index < -0.39 is 0 Å². The lowest BCUT2D eigenvalue weighted by molar-refractivity contribution is 0.0671. The SMILES string of the molecule is Cc1cc(C(=O)N2C[C@H]3CN(C(=O)c4ccc[nH]4)[C@H](c4ccccc4)[C@H]3C2)nn1C. The van der Waals surface area contributed by atoms with Crippen molar-refractivity contribution in [3.8, 4) is 0 Å². The molecule has 2 amide bonds. The molecule has 2 aliphatic heterocycles. The van der Waals surface area contributed by atoms with Gasteiger partial charge in [-0.25, -0.2) is 0 Å². The van der Waals surface area contributed by atoms with E-state index in [1.54, 1.807) is 10.9 Å². The van der Waals surface area contributed by atoms with E-state index in [-0.39, 0.29) is 29.7 Å². The summed E-state index contributed by atoms with van der Waals surface area (Å²) in [6.07, 6.45) is 1.77. The van der Waals surface area contributed by atoms with E-state index in [1.165, 1.54) is 0 Å².